The van der Waals surface area contributed by atoms with Gasteiger partial charge in [0.1, 0.15) is 11.8 Å². The molecule has 1 fully saturated rings. The van der Waals surface area contributed by atoms with Crippen molar-refractivity contribution in [3.63, 3.8) is 0 Å². The monoisotopic (exact) mass is 302 g/mol. The van der Waals surface area contributed by atoms with Gasteiger partial charge in [0, 0.05) is 29.6 Å². The average molecular weight is 302 g/mol. The SMILES string of the molecule is Cc1ccc2[nH]c(C(=O)O)c(CNC(=O)C3CCCO3)c2c1. The fraction of sp³-hybridized carbons (Fsp3) is 0.375. The molecule has 0 bridgehead atoms. The summed E-state index contributed by atoms with van der Waals surface area (Å²) in [6.45, 7) is 2.72. The molecule has 2 aromatic rings. The molecule has 116 valence electrons. The first-order valence-electron chi connectivity index (χ1n) is 7.30. The van der Waals surface area contributed by atoms with Crippen LogP contribution in [0.4, 0.5) is 0 Å². The van der Waals surface area contributed by atoms with Gasteiger partial charge in [-0.2, -0.15) is 0 Å². The number of benzene rings is 1. The smallest absolute Gasteiger partial charge is 0.352 e. The zero-order valence-corrected chi connectivity index (χ0v) is 12.3. The molecule has 22 heavy (non-hydrogen) atoms. The first kappa shape index (κ1) is 14.6. The second-order valence-corrected chi connectivity index (χ2v) is 5.55. The van der Waals surface area contributed by atoms with E-state index in [2.05, 4.69) is 10.3 Å². The van der Waals surface area contributed by atoms with Crippen LogP contribution in [0.3, 0.4) is 0 Å². The molecule has 0 radical (unpaired) electrons. The summed E-state index contributed by atoms with van der Waals surface area (Å²) < 4.78 is 5.33. The minimum absolute atomic E-state index is 0.119. The second kappa shape index (κ2) is 5.81. The number of aromatic carboxylic acids is 1. The third kappa shape index (κ3) is 2.69. The molecule has 1 amide bonds. The zero-order chi connectivity index (χ0) is 15.7. The van der Waals surface area contributed by atoms with Gasteiger partial charge < -0.3 is 20.1 Å². The number of fused-ring (bicyclic) bond motifs is 1. The van der Waals surface area contributed by atoms with Crippen molar-refractivity contribution in [1.29, 1.82) is 0 Å². The van der Waals surface area contributed by atoms with Crippen molar-refractivity contribution >= 4 is 22.8 Å². The van der Waals surface area contributed by atoms with Gasteiger partial charge in [0.05, 0.1) is 0 Å². The maximum Gasteiger partial charge on any atom is 0.352 e. The molecule has 1 unspecified atom stereocenters. The van der Waals surface area contributed by atoms with Crippen LogP contribution in [0.25, 0.3) is 10.9 Å². The van der Waals surface area contributed by atoms with Gasteiger partial charge in [0.25, 0.3) is 0 Å². The van der Waals surface area contributed by atoms with E-state index in [4.69, 9.17) is 4.74 Å². The summed E-state index contributed by atoms with van der Waals surface area (Å²) in [4.78, 5) is 26.3. The van der Waals surface area contributed by atoms with Gasteiger partial charge in [-0.15, -0.1) is 0 Å². The van der Waals surface area contributed by atoms with E-state index in [1.807, 2.05) is 25.1 Å². The summed E-state index contributed by atoms with van der Waals surface area (Å²) in [5.41, 5.74) is 2.50. The molecule has 0 aliphatic carbocycles. The zero-order valence-electron chi connectivity index (χ0n) is 12.3. The Morgan fingerprint density at radius 3 is 2.95 bits per heavy atom. The normalized spacial score (nSPS) is 17.8. The second-order valence-electron chi connectivity index (χ2n) is 5.55. The number of nitrogens with one attached hydrogen (secondary N) is 2. The molecule has 1 saturated heterocycles. The van der Waals surface area contributed by atoms with Gasteiger partial charge in [-0.25, -0.2) is 4.79 Å². The molecule has 1 atom stereocenters. The minimum Gasteiger partial charge on any atom is -0.477 e. The lowest BCUT2D eigenvalue weighted by Crippen LogP contribution is -2.33. The van der Waals surface area contributed by atoms with Crippen molar-refractivity contribution in [2.45, 2.75) is 32.4 Å². The van der Waals surface area contributed by atoms with E-state index >= 15 is 0 Å². The molecule has 3 N–H and O–H groups in total. The van der Waals surface area contributed by atoms with Crippen molar-refractivity contribution < 1.29 is 19.4 Å². The van der Waals surface area contributed by atoms with Gasteiger partial charge in [-0.3, -0.25) is 4.79 Å². The van der Waals surface area contributed by atoms with E-state index < -0.39 is 12.1 Å². The minimum atomic E-state index is -1.03. The molecule has 6 heteroatoms. The Kier molecular flexibility index (Phi) is 3.85. The van der Waals surface area contributed by atoms with E-state index in [0.29, 0.717) is 18.6 Å². The molecule has 2 heterocycles. The molecule has 1 aromatic carbocycles. The van der Waals surface area contributed by atoms with E-state index in [1.165, 1.54) is 0 Å². The largest absolute Gasteiger partial charge is 0.477 e. The summed E-state index contributed by atoms with van der Waals surface area (Å²) in [5.74, 6) is -1.22. The lowest BCUT2D eigenvalue weighted by molar-refractivity contribution is -0.130. The topological polar surface area (TPSA) is 91.4 Å². The first-order chi connectivity index (χ1) is 10.6. The number of carbonyl (C=O) groups excluding carboxylic acids is 1. The fourth-order valence-electron chi connectivity index (χ4n) is 2.80. The van der Waals surface area contributed by atoms with Gasteiger partial charge in [0.2, 0.25) is 5.91 Å². The molecule has 1 aliphatic rings. The van der Waals surface area contributed by atoms with Crippen molar-refractivity contribution in [1.82, 2.24) is 10.3 Å². The van der Waals surface area contributed by atoms with Crippen LogP contribution in [0.15, 0.2) is 18.2 Å². The number of amides is 1. The average Bonchev–Trinajstić information content (AvgIpc) is 3.12. The van der Waals surface area contributed by atoms with Crippen molar-refractivity contribution in [2.75, 3.05) is 6.61 Å². The Hall–Kier alpha value is -2.34. The predicted octanol–water partition coefficient (Wildman–Crippen LogP) is 1.97. The number of carboxylic acid groups (broad SMARTS) is 1. The number of hydrogen-bond acceptors (Lipinski definition) is 3. The Morgan fingerprint density at radius 2 is 2.27 bits per heavy atom. The van der Waals surface area contributed by atoms with E-state index in [0.717, 1.165) is 22.9 Å². The van der Waals surface area contributed by atoms with Crippen LogP contribution in [0.5, 0.6) is 0 Å². The number of hydrogen-bond donors (Lipinski definition) is 3. The summed E-state index contributed by atoms with van der Waals surface area (Å²) in [5, 5.41) is 13.0. The Balaban J connectivity index is 1.87. The van der Waals surface area contributed by atoms with Gasteiger partial charge in [-0.1, -0.05) is 11.6 Å². The van der Waals surface area contributed by atoms with Crippen LogP contribution in [0.1, 0.15) is 34.5 Å². The summed E-state index contributed by atoms with van der Waals surface area (Å²) in [7, 11) is 0. The summed E-state index contributed by atoms with van der Waals surface area (Å²) in [6, 6.07) is 5.69. The highest BCUT2D eigenvalue weighted by Gasteiger charge is 2.24. The number of aromatic nitrogens is 1. The Bertz CT molecular complexity index is 729. The van der Waals surface area contributed by atoms with E-state index in [9.17, 15) is 14.7 Å². The number of aryl methyl sites for hydroxylation is 1. The van der Waals surface area contributed by atoms with Gasteiger partial charge in [-0.05, 0) is 31.9 Å². The van der Waals surface area contributed by atoms with Crippen molar-refractivity contribution in [3.05, 3.63) is 35.0 Å². The van der Waals surface area contributed by atoms with Crippen LogP contribution < -0.4 is 5.32 Å². The van der Waals surface area contributed by atoms with Crippen molar-refractivity contribution in [3.8, 4) is 0 Å². The number of carbonyl (C=O) groups is 2. The molecule has 6 nitrogen and oxygen atoms in total. The van der Waals surface area contributed by atoms with Crippen LogP contribution in [0.2, 0.25) is 0 Å². The van der Waals surface area contributed by atoms with Crippen molar-refractivity contribution in [2.24, 2.45) is 0 Å². The maximum absolute atomic E-state index is 12.0. The lowest BCUT2D eigenvalue weighted by Gasteiger charge is -2.10. The number of H-pyrrole nitrogens is 1. The molecular weight excluding hydrogens is 284 g/mol. The highest BCUT2D eigenvalue weighted by Crippen LogP contribution is 2.24. The summed E-state index contributed by atoms with van der Waals surface area (Å²) in [6.07, 6.45) is 1.18. The molecule has 0 spiro atoms. The molecule has 1 aromatic heterocycles. The highest BCUT2D eigenvalue weighted by molar-refractivity contribution is 5.98. The predicted molar refractivity (Wildman–Crippen MR) is 80.8 cm³/mol. The summed E-state index contributed by atoms with van der Waals surface area (Å²) >= 11 is 0. The standard InChI is InChI=1S/C16H18N2O4/c1-9-4-5-12-10(7-9)11(14(18-12)16(20)21)8-17-15(19)13-3-2-6-22-13/h4-5,7,13,18H,2-3,6,8H2,1H3,(H,17,19)(H,20,21). The van der Waals surface area contributed by atoms with Crippen LogP contribution in [-0.4, -0.2) is 34.7 Å². The van der Waals surface area contributed by atoms with Crippen LogP contribution in [0, 0.1) is 6.92 Å². The van der Waals surface area contributed by atoms with Gasteiger partial charge in [0.15, 0.2) is 0 Å². The number of ether oxygens (including phenoxy) is 1. The van der Waals surface area contributed by atoms with Gasteiger partial charge >= 0.3 is 5.97 Å². The maximum atomic E-state index is 12.0. The van der Waals surface area contributed by atoms with Crippen LogP contribution >= 0.6 is 0 Å². The van der Waals surface area contributed by atoms with E-state index in [1.54, 1.807) is 0 Å². The lowest BCUT2D eigenvalue weighted by atomic mass is 10.1. The molecule has 3 rings (SSSR count). The number of carboxylic acids is 1. The fourth-order valence-corrected chi connectivity index (χ4v) is 2.80. The third-order valence-electron chi connectivity index (χ3n) is 3.94. The van der Waals surface area contributed by atoms with E-state index in [-0.39, 0.29) is 18.1 Å². The quantitative estimate of drug-likeness (QED) is 0.805. The molecule has 1 aliphatic heterocycles. The first-order valence-corrected chi connectivity index (χ1v) is 7.30. The Morgan fingerprint density at radius 1 is 1.45 bits per heavy atom. The number of aromatic amines is 1. The third-order valence-corrected chi connectivity index (χ3v) is 3.94. The molecule has 0 saturated carbocycles. The van der Waals surface area contributed by atoms with Crippen LogP contribution in [-0.2, 0) is 16.1 Å². The Labute approximate surface area is 127 Å². The number of rotatable bonds is 4. The highest BCUT2D eigenvalue weighted by atomic mass is 16.5. The molecular formula is C16H18N2O4.